The van der Waals surface area contributed by atoms with Crippen LogP contribution in [0.1, 0.15) is 0 Å². The van der Waals surface area contributed by atoms with E-state index >= 15 is 0 Å². The first kappa shape index (κ1) is 19.8. The molecule has 0 N–H and O–H groups in total. The smallest absolute Gasteiger partial charge is 0.0901 e. The van der Waals surface area contributed by atoms with E-state index in [2.05, 4.69) is 135 Å². The lowest BCUT2D eigenvalue weighted by molar-refractivity contribution is 1.28. The van der Waals surface area contributed by atoms with E-state index in [4.69, 9.17) is 0 Å². The highest BCUT2D eigenvalue weighted by Gasteiger charge is 2.28. The number of rotatable bonds is 5. The van der Waals surface area contributed by atoms with Gasteiger partial charge in [-0.2, -0.15) is 0 Å². The summed E-state index contributed by atoms with van der Waals surface area (Å²) in [5.74, 6) is 0. The molecule has 4 rings (SSSR count). The van der Waals surface area contributed by atoms with Crippen LogP contribution in [0.3, 0.4) is 0 Å². The molecule has 0 aliphatic heterocycles. The van der Waals surface area contributed by atoms with Gasteiger partial charge in [-0.25, -0.2) is 0 Å². The molecule has 0 aliphatic carbocycles. The molecule has 28 heavy (non-hydrogen) atoms. The van der Waals surface area contributed by atoms with E-state index in [1.165, 1.54) is 24.5 Å². The van der Waals surface area contributed by atoms with Crippen molar-refractivity contribution in [2.75, 3.05) is 0 Å². The Morgan fingerprint density at radius 1 is 0.464 bits per heavy atom. The summed E-state index contributed by atoms with van der Waals surface area (Å²) >= 11 is 8.90. The van der Waals surface area contributed by atoms with Crippen molar-refractivity contribution in [3.63, 3.8) is 0 Å². The molecule has 4 aromatic rings. The van der Waals surface area contributed by atoms with Gasteiger partial charge < -0.3 is 0 Å². The Labute approximate surface area is 190 Å². The second kappa shape index (κ2) is 9.36. The first-order valence-electron chi connectivity index (χ1n) is 8.77. The topological polar surface area (TPSA) is 0 Å². The highest BCUT2D eigenvalue weighted by Crippen LogP contribution is 2.34. The van der Waals surface area contributed by atoms with E-state index in [1.54, 1.807) is 11.8 Å². The first-order chi connectivity index (χ1) is 13.7. The van der Waals surface area contributed by atoms with Gasteiger partial charge in [-0.1, -0.05) is 61.8 Å². The van der Waals surface area contributed by atoms with Gasteiger partial charge in [-0.05, 0) is 84.9 Å². The molecule has 0 radical (unpaired) electrons. The fourth-order valence-corrected chi connectivity index (χ4v) is 6.23. The normalized spacial score (nSPS) is 11.0. The van der Waals surface area contributed by atoms with Gasteiger partial charge in [0.15, 0.2) is 14.7 Å². The first-order valence-corrected chi connectivity index (χ1v) is 12.4. The summed E-state index contributed by atoms with van der Waals surface area (Å²) in [6.07, 6.45) is 0. The highest BCUT2D eigenvalue weighted by atomic mass is 79.9. The highest BCUT2D eigenvalue weighted by molar-refractivity contribution is 9.10. The van der Waals surface area contributed by atoms with Crippen LogP contribution >= 0.6 is 43.6 Å². The Balaban J connectivity index is 1.68. The van der Waals surface area contributed by atoms with E-state index in [0.717, 1.165) is 8.95 Å². The predicted octanol–water partition coefficient (Wildman–Crippen LogP) is 8.46. The Kier molecular flexibility index (Phi) is 6.63. The van der Waals surface area contributed by atoms with Crippen molar-refractivity contribution in [3.05, 3.63) is 112 Å². The van der Waals surface area contributed by atoms with E-state index in [-0.39, 0.29) is 10.9 Å². The van der Waals surface area contributed by atoms with Crippen molar-refractivity contribution in [2.45, 2.75) is 24.5 Å². The molecule has 0 aromatic heterocycles. The number of benzene rings is 4. The summed E-state index contributed by atoms with van der Waals surface area (Å²) in [7, 11) is -0.137. The zero-order valence-corrected chi connectivity index (χ0v) is 19.7. The Morgan fingerprint density at radius 3 is 1.32 bits per heavy atom. The summed E-state index contributed by atoms with van der Waals surface area (Å²) in [4.78, 5) is 6.46. The van der Waals surface area contributed by atoms with Crippen LogP contribution in [-0.2, 0) is 10.9 Å². The maximum absolute atomic E-state index is 3.55. The average molecular weight is 529 g/mol. The standard InChI is InChI=1S/C24H17Br2S2/c25-18-6-12-22(13-7-18)28(23-14-8-19(26)9-15-23)24-16-10-21(11-17-24)27-20-4-2-1-3-5-20/h1-17H/q+1. The molecule has 0 saturated heterocycles. The second-order valence-electron chi connectivity index (χ2n) is 6.10. The van der Waals surface area contributed by atoms with Crippen LogP contribution in [0, 0.1) is 0 Å². The van der Waals surface area contributed by atoms with Crippen molar-refractivity contribution in [1.29, 1.82) is 0 Å². The third-order valence-corrected chi connectivity index (χ3v) is 8.44. The molecule has 4 aromatic carbocycles. The second-order valence-corrected chi connectivity index (χ2v) is 11.1. The van der Waals surface area contributed by atoms with E-state index in [9.17, 15) is 0 Å². The van der Waals surface area contributed by atoms with Crippen molar-refractivity contribution < 1.29 is 0 Å². The van der Waals surface area contributed by atoms with Crippen LogP contribution < -0.4 is 0 Å². The predicted molar refractivity (Wildman–Crippen MR) is 127 cm³/mol. The summed E-state index contributed by atoms with van der Waals surface area (Å²) in [6.45, 7) is 0. The summed E-state index contributed by atoms with van der Waals surface area (Å²) in [6, 6.07) is 36.8. The number of halogens is 2. The maximum atomic E-state index is 3.55. The molecule has 0 aliphatic rings. The van der Waals surface area contributed by atoms with Crippen molar-refractivity contribution in [1.82, 2.24) is 0 Å². The van der Waals surface area contributed by atoms with Crippen molar-refractivity contribution in [2.24, 2.45) is 0 Å². The Hall–Kier alpha value is -1.46. The zero-order chi connectivity index (χ0) is 19.3. The minimum absolute atomic E-state index is 0.137. The molecule has 0 fully saturated rings. The van der Waals surface area contributed by atoms with E-state index in [0.29, 0.717) is 0 Å². The third-order valence-electron chi connectivity index (χ3n) is 4.14. The fourth-order valence-electron chi connectivity index (χ4n) is 2.82. The number of hydrogen-bond acceptors (Lipinski definition) is 1. The molecule has 0 atom stereocenters. The van der Waals surface area contributed by atoms with Gasteiger partial charge in [0.25, 0.3) is 0 Å². The van der Waals surface area contributed by atoms with Crippen LogP contribution in [0.4, 0.5) is 0 Å². The molecule has 0 nitrogen and oxygen atoms in total. The molecule has 0 unspecified atom stereocenters. The Morgan fingerprint density at radius 2 is 0.857 bits per heavy atom. The summed E-state index contributed by atoms with van der Waals surface area (Å²) in [5, 5.41) is 0. The summed E-state index contributed by atoms with van der Waals surface area (Å²) < 4.78 is 2.20. The van der Waals surface area contributed by atoms with Gasteiger partial charge in [0.05, 0.1) is 10.9 Å². The van der Waals surface area contributed by atoms with Crippen molar-refractivity contribution >= 4 is 54.5 Å². The fraction of sp³-hybridized carbons (Fsp3) is 0. The third kappa shape index (κ3) is 4.93. The summed E-state index contributed by atoms with van der Waals surface area (Å²) in [5.41, 5.74) is 0. The van der Waals surface area contributed by atoms with Gasteiger partial charge in [-0.15, -0.1) is 0 Å². The quantitative estimate of drug-likeness (QED) is 0.234. The molecule has 4 heteroatoms. The lowest BCUT2D eigenvalue weighted by atomic mass is 10.3. The van der Waals surface area contributed by atoms with Crippen LogP contribution in [-0.4, -0.2) is 0 Å². The van der Waals surface area contributed by atoms with Gasteiger partial charge in [0.1, 0.15) is 0 Å². The van der Waals surface area contributed by atoms with Crippen LogP contribution in [0.5, 0.6) is 0 Å². The van der Waals surface area contributed by atoms with Crippen molar-refractivity contribution in [3.8, 4) is 0 Å². The molecule has 0 bridgehead atoms. The number of hydrogen-bond donors (Lipinski definition) is 0. The molecular weight excluding hydrogens is 512 g/mol. The minimum atomic E-state index is -0.137. The van der Waals surface area contributed by atoms with Gasteiger partial charge in [0.2, 0.25) is 0 Å². The zero-order valence-electron chi connectivity index (χ0n) is 14.9. The van der Waals surface area contributed by atoms with Crippen LogP contribution in [0.15, 0.2) is 137 Å². The lowest BCUT2D eigenvalue weighted by Gasteiger charge is -2.09. The van der Waals surface area contributed by atoms with Gasteiger partial charge in [0, 0.05) is 18.7 Å². The average Bonchev–Trinajstić information content (AvgIpc) is 2.73. The molecule has 138 valence electrons. The maximum Gasteiger partial charge on any atom is 0.166 e. The van der Waals surface area contributed by atoms with Crippen LogP contribution in [0.25, 0.3) is 0 Å². The molecular formula is C24H17Br2S2+. The van der Waals surface area contributed by atoms with Crippen LogP contribution in [0.2, 0.25) is 0 Å². The van der Waals surface area contributed by atoms with Gasteiger partial charge in [-0.3, -0.25) is 0 Å². The lowest BCUT2D eigenvalue weighted by Crippen LogP contribution is -2.04. The van der Waals surface area contributed by atoms with E-state index in [1.807, 2.05) is 0 Å². The van der Waals surface area contributed by atoms with Gasteiger partial charge >= 0.3 is 0 Å². The molecule has 0 saturated carbocycles. The van der Waals surface area contributed by atoms with E-state index < -0.39 is 0 Å². The molecule has 0 spiro atoms. The largest absolute Gasteiger partial charge is 0.166 e. The molecule has 0 amide bonds. The monoisotopic (exact) mass is 527 g/mol. The minimum Gasteiger partial charge on any atom is -0.0901 e. The Bertz CT molecular complexity index is 983. The molecule has 0 heterocycles. The SMILES string of the molecule is Brc1ccc([S+](c2ccc(Br)cc2)c2ccc(Sc3ccccc3)cc2)cc1.